The number of carboxylic acid groups (broad SMARTS) is 1. The molecule has 0 saturated heterocycles. The third-order valence-electron chi connectivity index (χ3n) is 1.85. The van der Waals surface area contributed by atoms with Crippen molar-refractivity contribution in [3.05, 3.63) is 35.4 Å². The van der Waals surface area contributed by atoms with E-state index in [9.17, 15) is 13.6 Å². The number of aryl methyl sites for hydroxylation is 1. The van der Waals surface area contributed by atoms with Gasteiger partial charge in [-0.1, -0.05) is 18.2 Å². The summed E-state index contributed by atoms with van der Waals surface area (Å²) in [4.78, 5) is 10.3. The summed E-state index contributed by atoms with van der Waals surface area (Å²) in [6, 6.07) is 4.75. The molecule has 0 aromatic heterocycles. The normalized spacial score (nSPS) is 11.0. The molecule has 0 amide bonds. The molecular weight excluding hydrogens is 218 g/mol. The Morgan fingerprint density at radius 2 is 2.19 bits per heavy atom. The van der Waals surface area contributed by atoms with Gasteiger partial charge >= 0.3 is 12.6 Å². The number of hydrogen-bond donors (Lipinski definition) is 1. The molecule has 1 aromatic rings. The van der Waals surface area contributed by atoms with Gasteiger partial charge in [-0.25, -0.2) is 4.79 Å². The number of halogens is 2. The van der Waals surface area contributed by atoms with E-state index in [-0.39, 0.29) is 5.75 Å². The molecule has 0 spiro atoms. The predicted molar refractivity (Wildman–Crippen MR) is 54.5 cm³/mol. The molecule has 3 nitrogen and oxygen atoms in total. The van der Waals surface area contributed by atoms with Gasteiger partial charge < -0.3 is 9.84 Å². The van der Waals surface area contributed by atoms with Gasteiger partial charge in [-0.2, -0.15) is 8.78 Å². The average molecular weight is 228 g/mol. The minimum absolute atomic E-state index is 0.00463. The van der Waals surface area contributed by atoms with Crippen LogP contribution in [0, 0.1) is 6.92 Å². The fourth-order valence-corrected chi connectivity index (χ4v) is 1.22. The highest BCUT2D eigenvalue weighted by atomic mass is 19.3. The maximum Gasteiger partial charge on any atom is 0.387 e. The Hall–Kier alpha value is -1.91. The van der Waals surface area contributed by atoms with E-state index in [1.807, 2.05) is 0 Å². The molecule has 0 aliphatic rings. The van der Waals surface area contributed by atoms with Crippen molar-refractivity contribution in [2.75, 3.05) is 0 Å². The molecule has 5 heteroatoms. The van der Waals surface area contributed by atoms with Gasteiger partial charge in [0.25, 0.3) is 0 Å². The smallest absolute Gasteiger partial charge is 0.387 e. The molecule has 0 heterocycles. The maximum atomic E-state index is 12.1. The van der Waals surface area contributed by atoms with Gasteiger partial charge in [-0.15, -0.1) is 0 Å². The van der Waals surface area contributed by atoms with Gasteiger partial charge in [0.2, 0.25) is 0 Å². The second kappa shape index (κ2) is 5.25. The van der Waals surface area contributed by atoms with Crippen molar-refractivity contribution in [1.82, 2.24) is 0 Å². The monoisotopic (exact) mass is 228 g/mol. The summed E-state index contributed by atoms with van der Waals surface area (Å²) in [5, 5.41) is 8.44. The van der Waals surface area contributed by atoms with Gasteiger partial charge in [-0.05, 0) is 18.6 Å². The van der Waals surface area contributed by atoms with Gasteiger partial charge in [0.1, 0.15) is 5.75 Å². The van der Waals surface area contributed by atoms with Crippen molar-refractivity contribution in [3.63, 3.8) is 0 Å². The first-order valence-electron chi connectivity index (χ1n) is 4.46. The number of carbonyl (C=O) groups is 1. The number of para-hydroxylation sites is 1. The van der Waals surface area contributed by atoms with Crippen molar-refractivity contribution in [1.29, 1.82) is 0 Å². The SMILES string of the molecule is Cc1cccc(/C=C/C(=O)O)c1OC(F)F. The van der Waals surface area contributed by atoms with Crippen LogP contribution in [0.4, 0.5) is 8.78 Å². The fourth-order valence-electron chi connectivity index (χ4n) is 1.22. The topological polar surface area (TPSA) is 46.5 Å². The number of hydrogen-bond acceptors (Lipinski definition) is 2. The quantitative estimate of drug-likeness (QED) is 0.806. The molecule has 0 aliphatic carbocycles. The second-order valence-electron chi connectivity index (χ2n) is 3.04. The summed E-state index contributed by atoms with van der Waals surface area (Å²) in [6.07, 6.45) is 2.08. The number of aliphatic carboxylic acids is 1. The van der Waals surface area contributed by atoms with E-state index in [1.165, 1.54) is 12.1 Å². The molecule has 16 heavy (non-hydrogen) atoms. The largest absolute Gasteiger partial charge is 0.478 e. The predicted octanol–water partition coefficient (Wildman–Crippen LogP) is 2.69. The Bertz CT molecular complexity index is 414. The number of benzene rings is 1. The standard InChI is InChI=1S/C11H10F2O3/c1-7-3-2-4-8(5-6-9(14)15)10(7)16-11(12)13/h2-6,11H,1H3,(H,14,15)/b6-5+. The van der Waals surface area contributed by atoms with Gasteiger partial charge in [0.05, 0.1) is 0 Å². The van der Waals surface area contributed by atoms with Crippen LogP contribution in [0.5, 0.6) is 5.75 Å². The van der Waals surface area contributed by atoms with Crippen LogP contribution in [0.3, 0.4) is 0 Å². The highest BCUT2D eigenvalue weighted by molar-refractivity contribution is 5.86. The number of rotatable bonds is 4. The van der Waals surface area contributed by atoms with Crippen molar-refractivity contribution in [3.8, 4) is 5.75 Å². The lowest BCUT2D eigenvalue weighted by Gasteiger charge is -2.10. The summed E-state index contributed by atoms with van der Waals surface area (Å²) in [5.41, 5.74) is 0.829. The molecule has 0 radical (unpaired) electrons. The molecule has 0 atom stereocenters. The number of ether oxygens (including phenoxy) is 1. The molecule has 0 fully saturated rings. The van der Waals surface area contributed by atoms with Crippen LogP contribution in [0.2, 0.25) is 0 Å². The van der Waals surface area contributed by atoms with Gasteiger partial charge in [0.15, 0.2) is 0 Å². The highest BCUT2D eigenvalue weighted by Crippen LogP contribution is 2.26. The van der Waals surface area contributed by atoms with Crippen molar-refractivity contribution >= 4 is 12.0 Å². The fraction of sp³-hybridized carbons (Fsp3) is 0.182. The van der Waals surface area contributed by atoms with Crippen LogP contribution in [-0.2, 0) is 4.79 Å². The van der Waals surface area contributed by atoms with Crippen molar-refractivity contribution < 1.29 is 23.4 Å². The molecule has 1 rings (SSSR count). The summed E-state index contributed by atoms with van der Waals surface area (Å²) >= 11 is 0. The zero-order valence-corrected chi connectivity index (χ0v) is 8.48. The first kappa shape index (κ1) is 12.2. The molecule has 0 saturated carbocycles. The van der Waals surface area contributed by atoms with Crippen molar-refractivity contribution in [2.24, 2.45) is 0 Å². The first-order chi connectivity index (χ1) is 7.50. The molecule has 0 aliphatic heterocycles. The Balaban J connectivity index is 3.07. The van der Waals surface area contributed by atoms with Crippen molar-refractivity contribution in [2.45, 2.75) is 13.5 Å². The summed E-state index contributed by atoms with van der Waals surface area (Å²) < 4.78 is 28.6. The first-order valence-corrected chi connectivity index (χ1v) is 4.46. The van der Waals surface area contributed by atoms with Crippen LogP contribution in [0.1, 0.15) is 11.1 Å². The molecule has 1 aromatic carbocycles. The van der Waals surface area contributed by atoms with Crippen LogP contribution >= 0.6 is 0 Å². The molecule has 0 unspecified atom stereocenters. The summed E-state index contributed by atoms with van der Waals surface area (Å²) in [6.45, 7) is -1.33. The van der Waals surface area contributed by atoms with Crippen LogP contribution < -0.4 is 4.74 Å². The Labute approximate surface area is 91.0 Å². The summed E-state index contributed by atoms with van der Waals surface area (Å²) in [5.74, 6) is -1.15. The van der Waals surface area contributed by atoms with E-state index in [0.717, 1.165) is 6.08 Å². The minimum atomic E-state index is -2.93. The number of alkyl halides is 2. The molecular formula is C11H10F2O3. The van der Waals surface area contributed by atoms with E-state index in [0.29, 0.717) is 11.1 Å². The lowest BCUT2D eigenvalue weighted by molar-refractivity contribution is -0.131. The second-order valence-corrected chi connectivity index (χ2v) is 3.04. The molecule has 0 bridgehead atoms. The van der Waals surface area contributed by atoms with E-state index < -0.39 is 12.6 Å². The van der Waals surface area contributed by atoms with Crippen LogP contribution in [0.15, 0.2) is 24.3 Å². The van der Waals surface area contributed by atoms with E-state index in [4.69, 9.17) is 5.11 Å². The highest BCUT2D eigenvalue weighted by Gasteiger charge is 2.10. The zero-order valence-electron chi connectivity index (χ0n) is 8.48. The molecule has 1 N–H and O–H groups in total. The van der Waals surface area contributed by atoms with Crippen LogP contribution in [-0.4, -0.2) is 17.7 Å². The Morgan fingerprint density at radius 3 is 2.75 bits per heavy atom. The van der Waals surface area contributed by atoms with Gasteiger partial charge in [0, 0.05) is 11.6 Å². The van der Waals surface area contributed by atoms with Crippen LogP contribution in [0.25, 0.3) is 6.08 Å². The lowest BCUT2D eigenvalue weighted by atomic mass is 10.1. The number of carboxylic acids is 1. The Morgan fingerprint density at radius 1 is 1.50 bits per heavy atom. The average Bonchev–Trinajstić information content (AvgIpc) is 2.18. The minimum Gasteiger partial charge on any atom is -0.478 e. The summed E-state index contributed by atoms with van der Waals surface area (Å²) in [7, 11) is 0. The third-order valence-corrected chi connectivity index (χ3v) is 1.85. The third kappa shape index (κ3) is 3.34. The van der Waals surface area contributed by atoms with Gasteiger partial charge in [-0.3, -0.25) is 0 Å². The lowest BCUT2D eigenvalue weighted by Crippen LogP contribution is -2.04. The zero-order chi connectivity index (χ0) is 12.1. The van der Waals surface area contributed by atoms with E-state index in [2.05, 4.69) is 4.74 Å². The van der Waals surface area contributed by atoms with E-state index in [1.54, 1.807) is 19.1 Å². The Kier molecular flexibility index (Phi) is 3.99. The molecule has 86 valence electrons. The van der Waals surface area contributed by atoms with E-state index >= 15 is 0 Å². The maximum absolute atomic E-state index is 12.1.